The topological polar surface area (TPSA) is 58.1 Å². The molecular formula is C13H18N4O. The van der Waals surface area contributed by atoms with Gasteiger partial charge in [-0.25, -0.2) is 9.97 Å². The number of carbonyl (C=O) groups excluding carboxylic acids is 1. The van der Waals surface area contributed by atoms with Gasteiger partial charge in [0.15, 0.2) is 0 Å². The van der Waals surface area contributed by atoms with Crippen LogP contribution in [0.4, 0.5) is 5.82 Å². The number of fused-ring (bicyclic) bond motifs is 1. The first-order valence-electron chi connectivity index (χ1n) is 6.48. The number of carbonyl (C=O) groups is 1. The zero-order valence-corrected chi connectivity index (χ0v) is 10.7. The highest BCUT2D eigenvalue weighted by Gasteiger charge is 2.50. The highest BCUT2D eigenvalue weighted by Crippen LogP contribution is 2.48. The van der Waals surface area contributed by atoms with Crippen LogP contribution in [0.2, 0.25) is 0 Å². The third-order valence-electron chi connectivity index (χ3n) is 4.24. The molecule has 1 aliphatic heterocycles. The Morgan fingerprint density at radius 1 is 1.44 bits per heavy atom. The number of nitrogens with zero attached hydrogens (tertiary/aromatic N) is 3. The van der Waals surface area contributed by atoms with Gasteiger partial charge >= 0.3 is 0 Å². The molecule has 2 aliphatic rings. The van der Waals surface area contributed by atoms with Crippen molar-refractivity contribution in [3.8, 4) is 0 Å². The number of hydrogen-bond acceptors (Lipinski definition) is 4. The van der Waals surface area contributed by atoms with Crippen molar-refractivity contribution in [2.75, 3.05) is 11.9 Å². The monoisotopic (exact) mass is 246 g/mol. The van der Waals surface area contributed by atoms with Gasteiger partial charge in [-0.15, -0.1) is 0 Å². The van der Waals surface area contributed by atoms with Crippen LogP contribution in [0.15, 0.2) is 18.6 Å². The van der Waals surface area contributed by atoms with E-state index in [-0.39, 0.29) is 18.0 Å². The molecule has 4 atom stereocenters. The van der Waals surface area contributed by atoms with E-state index in [4.69, 9.17) is 0 Å². The Morgan fingerprint density at radius 3 is 2.94 bits per heavy atom. The molecule has 5 nitrogen and oxygen atoms in total. The van der Waals surface area contributed by atoms with Crippen molar-refractivity contribution in [1.29, 1.82) is 0 Å². The van der Waals surface area contributed by atoms with Gasteiger partial charge in [0.2, 0.25) is 5.91 Å². The standard InChI is InChI=1S/C13H18N4O/c1-8-10-5-9(10)6-11(14-2)13(18)17(8)12-3-4-15-7-16-12/h3-4,7-11,14H,5-6H2,1-2H3. The van der Waals surface area contributed by atoms with Crippen molar-refractivity contribution in [3.05, 3.63) is 18.6 Å². The Balaban J connectivity index is 1.96. The van der Waals surface area contributed by atoms with Gasteiger partial charge in [0.1, 0.15) is 12.1 Å². The molecule has 5 heteroatoms. The lowest BCUT2D eigenvalue weighted by molar-refractivity contribution is -0.120. The number of hydrogen-bond donors (Lipinski definition) is 1. The summed E-state index contributed by atoms with van der Waals surface area (Å²) < 4.78 is 0. The molecule has 4 unspecified atom stereocenters. The summed E-state index contributed by atoms with van der Waals surface area (Å²) >= 11 is 0. The van der Waals surface area contributed by atoms with Gasteiger partial charge in [0, 0.05) is 12.2 Å². The molecule has 1 saturated carbocycles. The van der Waals surface area contributed by atoms with E-state index >= 15 is 0 Å². The molecule has 1 amide bonds. The summed E-state index contributed by atoms with van der Waals surface area (Å²) in [5.74, 6) is 2.17. The van der Waals surface area contributed by atoms with Crippen molar-refractivity contribution in [1.82, 2.24) is 15.3 Å². The largest absolute Gasteiger partial charge is 0.309 e. The second-order valence-corrected chi connectivity index (χ2v) is 5.25. The van der Waals surface area contributed by atoms with Crippen LogP contribution in [0.5, 0.6) is 0 Å². The van der Waals surface area contributed by atoms with Crippen LogP contribution >= 0.6 is 0 Å². The minimum atomic E-state index is -0.0834. The van der Waals surface area contributed by atoms with Gasteiger partial charge in [-0.3, -0.25) is 9.69 Å². The molecule has 3 rings (SSSR count). The van der Waals surface area contributed by atoms with Crippen LogP contribution in [0.1, 0.15) is 19.8 Å². The van der Waals surface area contributed by atoms with Crippen LogP contribution in [-0.4, -0.2) is 35.0 Å². The van der Waals surface area contributed by atoms with Crippen molar-refractivity contribution < 1.29 is 4.79 Å². The summed E-state index contributed by atoms with van der Waals surface area (Å²) in [5.41, 5.74) is 0. The zero-order valence-electron chi connectivity index (χ0n) is 10.7. The molecule has 0 aromatic carbocycles. The fourth-order valence-electron chi connectivity index (χ4n) is 3.09. The fraction of sp³-hybridized carbons (Fsp3) is 0.615. The SMILES string of the molecule is CNC1CC2CC2C(C)N(c2ccncn2)C1=O. The van der Waals surface area contributed by atoms with Crippen molar-refractivity contribution >= 4 is 11.7 Å². The third-order valence-corrected chi connectivity index (χ3v) is 4.24. The van der Waals surface area contributed by atoms with E-state index in [1.807, 2.05) is 18.0 Å². The first-order valence-corrected chi connectivity index (χ1v) is 6.48. The first kappa shape index (κ1) is 11.6. The summed E-state index contributed by atoms with van der Waals surface area (Å²) in [4.78, 5) is 22.6. The van der Waals surface area contributed by atoms with Gasteiger partial charge < -0.3 is 5.32 Å². The molecule has 1 saturated heterocycles. The Labute approximate surface area is 107 Å². The van der Waals surface area contributed by atoms with Crippen LogP contribution in [-0.2, 0) is 4.79 Å². The first-order chi connectivity index (χ1) is 8.72. The molecule has 0 spiro atoms. The van der Waals surface area contributed by atoms with Crippen LogP contribution < -0.4 is 10.2 Å². The van der Waals surface area contributed by atoms with E-state index in [1.54, 1.807) is 6.20 Å². The highest BCUT2D eigenvalue weighted by atomic mass is 16.2. The predicted molar refractivity (Wildman–Crippen MR) is 68.0 cm³/mol. The lowest BCUT2D eigenvalue weighted by atomic mass is 10.1. The number of amides is 1. The zero-order chi connectivity index (χ0) is 12.7. The van der Waals surface area contributed by atoms with Crippen molar-refractivity contribution in [2.24, 2.45) is 11.8 Å². The fourth-order valence-corrected chi connectivity index (χ4v) is 3.09. The second kappa shape index (κ2) is 4.31. The normalized spacial score (nSPS) is 35.0. The summed E-state index contributed by atoms with van der Waals surface area (Å²) in [5, 5.41) is 3.14. The Kier molecular flexibility index (Phi) is 2.78. The molecule has 0 radical (unpaired) electrons. The van der Waals surface area contributed by atoms with Crippen molar-refractivity contribution in [3.63, 3.8) is 0 Å². The number of rotatable bonds is 2. The summed E-state index contributed by atoms with van der Waals surface area (Å²) in [7, 11) is 1.86. The number of likely N-dealkylation sites (N-methyl/N-ethyl adjacent to an activating group) is 1. The molecule has 2 heterocycles. The lowest BCUT2D eigenvalue weighted by Crippen LogP contribution is -2.48. The molecule has 1 aliphatic carbocycles. The van der Waals surface area contributed by atoms with E-state index in [2.05, 4.69) is 22.2 Å². The average Bonchev–Trinajstić information content (AvgIpc) is 3.16. The van der Waals surface area contributed by atoms with Gasteiger partial charge in [0.05, 0.1) is 6.04 Å². The smallest absolute Gasteiger partial charge is 0.245 e. The van der Waals surface area contributed by atoms with Crippen LogP contribution in [0, 0.1) is 11.8 Å². The number of nitrogens with one attached hydrogen (secondary N) is 1. The van der Waals surface area contributed by atoms with E-state index in [0.717, 1.165) is 12.2 Å². The van der Waals surface area contributed by atoms with E-state index < -0.39 is 0 Å². The maximum atomic E-state index is 12.6. The summed E-state index contributed by atoms with van der Waals surface area (Å²) in [6.07, 6.45) is 5.37. The number of aromatic nitrogens is 2. The average molecular weight is 246 g/mol. The lowest BCUT2D eigenvalue weighted by Gasteiger charge is -2.29. The highest BCUT2D eigenvalue weighted by molar-refractivity contribution is 5.97. The maximum absolute atomic E-state index is 12.6. The molecule has 96 valence electrons. The predicted octanol–water partition coefficient (Wildman–Crippen LogP) is 0.826. The van der Waals surface area contributed by atoms with Gasteiger partial charge in [-0.1, -0.05) is 0 Å². The van der Waals surface area contributed by atoms with Crippen LogP contribution in [0.3, 0.4) is 0 Å². The molecule has 1 aromatic rings. The van der Waals surface area contributed by atoms with Crippen LogP contribution in [0.25, 0.3) is 0 Å². The van der Waals surface area contributed by atoms with E-state index in [1.165, 1.54) is 12.7 Å². The maximum Gasteiger partial charge on any atom is 0.245 e. The summed E-state index contributed by atoms with van der Waals surface area (Å²) in [6.45, 7) is 2.13. The van der Waals surface area contributed by atoms with Gasteiger partial charge in [-0.05, 0) is 44.7 Å². The molecule has 0 bridgehead atoms. The quantitative estimate of drug-likeness (QED) is 0.839. The third kappa shape index (κ3) is 1.79. The Hall–Kier alpha value is -1.49. The van der Waals surface area contributed by atoms with E-state index in [0.29, 0.717) is 11.8 Å². The Morgan fingerprint density at radius 2 is 2.28 bits per heavy atom. The second-order valence-electron chi connectivity index (χ2n) is 5.25. The number of anilines is 1. The van der Waals surface area contributed by atoms with Gasteiger partial charge in [0.25, 0.3) is 0 Å². The Bertz CT molecular complexity index is 450. The molecule has 18 heavy (non-hydrogen) atoms. The minimum Gasteiger partial charge on any atom is -0.309 e. The molecule has 1 aromatic heterocycles. The van der Waals surface area contributed by atoms with Crippen molar-refractivity contribution in [2.45, 2.75) is 31.8 Å². The summed E-state index contributed by atoms with van der Waals surface area (Å²) in [6, 6.07) is 1.96. The van der Waals surface area contributed by atoms with Gasteiger partial charge in [-0.2, -0.15) is 0 Å². The molecule has 2 fully saturated rings. The van der Waals surface area contributed by atoms with E-state index in [9.17, 15) is 4.79 Å². The molecular weight excluding hydrogens is 228 g/mol. The minimum absolute atomic E-state index is 0.0834. The molecule has 1 N–H and O–H groups in total.